The smallest absolute Gasteiger partial charge is 0.217 e. The summed E-state index contributed by atoms with van der Waals surface area (Å²) in [6, 6.07) is 10.8. The molecule has 0 bridgehead atoms. The van der Waals surface area contributed by atoms with Crippen molar-refractivity contribution in [3.8, 4) is 0 Å². The van der Waals surface area contributed by atoms with Gasteiger partial charge in [-0.2, -0.15) is 0 Å². The second-order valence-corrected chi connectivity index (χ2v) is 4.27. The quantitative estimate of drug-likeness (QED) is 0.848. The fourth-order valence-corrected chi connectivity index (χ4v) is 2.15. The first-order chi connectivity index (χ1) is 8.34. The molecule has 1 aromatic heterocycles. The van der Waals surface area contributed by atoms with Gasteiger partial charge in [0, 0.05) is 13.6 Å². The molecule has 0 aliphatic carbocycles. The maximum Gasteiger partial charge on any atom is 0.217 e. The van der Waals surface area contributed by atoms with Crippen LogP contribution < -0.4 is 10.2 Å². The zero-order valence-corrected chi connectivity index (χ0v) is 9.63. The van der Waals surface area contributed by atoms with Gasteiger partial charge in [0.1, 0.15) is 0 Å². The van der Waals surface area contributed by atoms with E-state index in [0.29, 0.717) is 6.04 Å². The summed E-state index contributed by atoms with van der Waals surface area (Å²) in [5, 5.41) is 11.0. The number of aromatic nitrogens is 2. The lowest BCUT2D eigenvalue weighted by Gasteiger charge is -2.32. The molecule has 1 N–H and O–H groups in total. The number of benzene rings is 1. The third-order valence-corrected chi connectivity index (χ3v) is 3.17. The molecule has 3 rings (SSSR count). The molecule has 0 spiro atoms. The van der Waals surface area contributed by atoms with Crippen LogP contribution in [0.15, 0.2) is 35.0 Å². The van der Waals surface area contributed by atoms with Crippen LogP contribution in [0.25, 0.3) is 0 Å². The van der Waals surface area contributed by atoms with Gasteiger partial charge in [0.05, 0.1) is 6.04 Å². The molecule has 1 atom stereocenters. The van der Waals surface area contributed by atoms with Crippen LogP contribution in [0.2, 0.25) is 0 Å². The second-order valence-electron chi connectivity index (χ2n) is 4.27. The zero-order valence-electron chi connectivity index (χ0n) is 9.63. The molecule has 0 saturated heterocycles. The topological polar surface area (TPSA) is 54.2 Å². The van der Waals surface area contributed by atoms with Crippen LogP contribution in [0.5, 0.6) is 0 Å². The normalized spacial score (nSPS) is 18.6. The van der Waals surface area contributed by atoms with E-state index in [9.17, 15) is 0 Å². The average Bonchev–Trinajstić information content (AvgIpc) is 2.83. The van der Waals surface area contributed by atoms with Crippen LogP contribution in [0.3, 0.4) is 0 Å². The van der Waals surface area contributed by atoms with Crippen molar-refractivity contribution >= 4 is 11.6 Å². The summed E-state index contributed by atoms with van der Waals surface area (Å²) in [6.45, 7) is 0.854. The van der Waals surface area contributed by atoms with E-state index in [-0.39, 0.29) is 0 Å². The van der Waals surface area contributed by atoms with Crippen molar-refractivity contribution in [1.82, 2.24) is 10.3 Å². The number of anilines is 2. The van der Waals surface area contributed by atoms with E-state index in [0.717, 1.165) is 24.6 Å². The van der Waals surface area contributed by atoms with Crippen molar-refractivity contribution < 1.29 is 4.63 Å². The van der Waals surface area contributed by atoms with Gasteiger partial charge in [-0.25, -0.2) is 4.63 Å². The summed E-state index contributed by atoms with van der Waals surface area (Å²) in [6.07, 6.45) is 0.983. The van der Waals surface area contributed by atoms with Gasteiger partial charge in [0.25, 0.3) is 0 Å². The van der Waals surface area contributed by atoms with Crippen molar-refractivity contribution in [1.29, 1.82) is 0 Å². The molecule has 5 nitrogen and oxygen atoms in total. The van der Waals surface area contributed by atoms with Gasteiger partial charge in [-0.3, -0.25) is 0 Å². The Bertz CT molecular complexity index is 496. The Morgan fingerprint density at radius 1 is 1.35 bits per heavy atom. The van der Waals surface area contributed by atoms with E-state index in [1.807, 2.05) is 13.1 Å². The monoisotopic (exact) mass is 230 g/mol. The van der Waals surface area contributed by atoms with Gasteiger partial charge in [0.15, 0.2) is 0 Å². The molecule has 2 heterocycles. The fourth-order valence-electron chi connectivity index (χ4n) is 2.15. The van der Waals surface area contributed by atoms with E-state index in [1.165, 1.54) is 5.56 Å². The van der Waals surface area contributed by atoms with Crippen LogP contribution in [0.4, 0.5) is 11.6 Å². The molecule has 17 heavy (non-hydrogen) atoms. The Labute approximate surface area is 99.4 Å². The summed E-state index contributed by atoms with van der Waals surface area (Å²) in [4.78, 5) is 2.12. The van der Waals surface area contributed by atoms with E-state index in [2.05, 4.69) is 44.8 Å². The lowest BCUT2D eigenvalue weighted by atomic mass is 10.0. The summed E-state index contributed by atoms with van der Waals surface area (Å²) in [5.41, 5.74) is 1.33. The van der Waals surface area contributed by atoms with Gasteiger partial charge >= 0.3 is 0 Å². The first-order valence-electron chi connectivity index (χ1n) is 5.68. The lowest BCUT2D eigenvalue weighted by Crippen LogP contribution is -2.43. The van der Waals surface area contributed by atoms with E-state index < -0.39 is 0 Å². The first kappa shape index (κ1) is 10.1. The van der Waals surface area contributed by atoms with Crippen LogP contribution in [0, 0.1) is 0 Å². The van der Waals surface area contributed by atoms with Gasteiger partial charge < -0.3 is 10.2 Å². The summed E-state index contributed by atoms with van der Waals surface area (Å²) in [7, 11) is 2.03. The summed E-state index contributed by atoms with van der Waals surface area (Å²) < 4.78 is 4.73. The SMILES string of the molecule is CN1c2nonc2NC[C@@H]1Cc1ccccc1. The molecule has 0 unspecified atom stereocenters. The number of rotatable bonds is 2. The number of nitrogens with one attached hydrogen (secondary N) is 1. The van der Waals surface area contributed by atoms with Gasteiger partial charge in [0.2, 0.25) is 11.6 Å². The molecule has 0 radical (unpaired) electrons. The number of hydrogen-bond donors (Lipinski definition) is 1. The summed E-state index contributed by atoms with van der Waals surface area (Å²) in [5.74, 6) is 1.52. The molecule has 5 heteroatoms. The molecule has 1 aromatic carbocycles. The predicted molar refractivity (Wildman–Crippen MR) is 65.1 cm³/mol. The van der Waals surface area contributed by atoms with E-state index in [4.69, 9.17) is 4.63 Å². The van der Waals surface area contributed by atoms with Gasteiger partial charge in [-0.05, 0) is 22.3 Å². The van der Waals surface area contributed by atoms with Gasteiger partial charge in [-0.1, -0.05) is 30.3 Å². The average molecular weight is 230 g/mol. The highest BCUT2D eigenvalue weighted by molar-refractivity contribution is 5.62. The standard InChI is InChI=1S/C12H14N4O/c1-16-10(7-9-5-3-2-4-6-9)8-13-11-12(16)15-17-14-11/h2-6,10H,7-8H2,1H3,(H,13,14)/t10-/m0/s1. The molecular weight excluding hydrogens is 216 g/mol. The van der Waals surface area contributed by atoms with Crippen molar-refractivity contribution in [3.05, 3.63) is 35.9 Å². The van der Waals surface area contributed by atoms with E-state index >= 15 is 0 Å². The van der Waals surface area contributed by atoms with Crippen LogP contribution in [0.1, 0.15) is 5.56 Å². The summed E-state index contributed by atoms with van der Waals surface area (Å²) >= 11 is 0. The Balaban J connectivity index is 1.78. The fraction of sp³-hybridized carbons (Fsp3) is 0.333. The number of likely N-dealkylation sites (N-methyl/N-ethyl adjacent to an activating group) is 1. The highest BCUT2D eigenvalue weighted by Crippen LogP contribution is 2.27. The minimum Gasteiger partial charge on any atom is -0.362 e. The van der Waals surface area contributed by atoms with Crippen LogP contribution >= 0.6 is 0 Å². The van der Waals surface area contributed by atoms with Crippen molar-refractivity contribution in [2.75, 3.05) is 23.8 Å². The number of fused-ring (bicyclic) bond motifs is 1. The van der Waals surface area contributed by atoms with E-state index in [1.54, 1.807) is 0 Å². The Morgan fingerprint density at radius 2 is 2.18 bits per heavy atom. The molecule has 1 aliphatic rings. The van der Waals surface area contributed by atoms with Crippen molar-refractivity contribution in [3.63, 3.8) is 0 Å². The molecule has 0 saturated carbocycles. The third kappa shape index (κ3) is 1.84. The molecule has 2 aromatic rings. The number of hydrogen-bond acceptors (Lipinski definition) is 5. The van der Waals surface area contributed by atoms with Crippen molar-refractivity contribution in [2.45, 2.75) is 12.5 Å². The van der Waals surface area contributed by atoms with Crippen molar-refractivity contribution in [2.24, 2.45) is 0 Å². The largest absolute Gasteiger partial charge is 0.362 e. The second kappa shape index (κ2) is 4.08. The van der Waals surface area contributed by atoms with Crippen LogP contribution in [-0.2, 0) is 6.42 Å². The van der Waals surface area contributed by atoms with Crippen LogP contribution in [-0.4, -0.2) is 29.9 Å². The highest BCUT2D eigenvalue weighted by Gasteiger charge is 2.27. The molecular formula is C12H14N4O. The van der Waals surface area contributed by atoms with Gasteiger partial charge in [-0.15, -0.1) is 0 Å². The zero-order chi connectivity index (χ0) is 11.7. The Kier molecular flexibility index (Phi) is 2.44. The maximum absolute atomic E-state index is 4.73. The molecule has 0 fully saturated rings. The first-order valence-corrected chi connectivity index (χ1v) is 5.68. The Morgan fingerprint density at radius 3 is 3.00 bits per heavy atom. The third-order valence-electron chi connectivity index (χ3n) is 3.17. The minimum atomic E-state index is 0.372. The lowest BCUT2D eigenvalue weighted by molar-refractivity contribution is 0.309. The minimum absolute atomic E-state index is 0.372. The number of nitrogens with zero attached hydrogens (tertiary/aromatic N) is 3. The molecule has 0 amide bonds. The maximum atomic E-state index is 4.73. The predicted octanol–water partition coefficient (Wildman–Crippen LogP) is 1.54. The molecule has 88 valence electrons. The highest BCUT2D eigenvalue weighted by atomic mass is 16.6. The molecule has 1 aliphatic heterocycles. The Hall–Kier alpha value is -2.04.